The van der Waals surface area contributed by atoms with Gasteiger partial charge in [0, 0.05) is 12.4 Å². The van der Waals surface area contributed by atoms with Crippen LogP contribution in [0.25, 0.3) is 21.0 Å². The molecule has 0 fully saturated rings. The van der Waals surface area contributed by atoms with Crippen molar-refractivity contribution in [2.24, 2.45) is 0 Å². The Morgan fingerprint density at radius 2 is 2.12 bits per heavy atom. The quantitative estimate of drug-likeness (QED) is 0.641. The molecule has 3 heterocycles. The van der Waals surface area contributed by atoms with E-state index in [2.05, 4.69) is 21.0 Å². The number of nitrogens with zero attached hydrogens (tertiary/aromatic N) is 3. The van der Waals surface area contributed by atoms with Gasteiger partial charge in [-0.3, -0.25) is 4.98 Å². The number of fused-ring (bicyclic) bond motifs is 1. The molecule has 3 aromatic rings. The van der Waals surface area contributed by atoms with Crippen LogP contribution < -0.4 is 0 Å². The zero-order chi connectivity index (χ0) is 11.0. The summed E-state index contributed by atoms with van der Waals surface area (Å²) < 4.78 is 1.11. The fraction of sp³-hybridized carbons (Fsp3) is 0.0833. The number of hydrogen-bond acceptors (Lipinski definition) is 4. The van der Waals surface area contributed by atoms with Gasteiger partial charge in [-0.05, 0) is 30.7 Å². The summed E-state index contributed by atoms with van der Waals surface area (Å²) in [7, 11) is 0. The SMILES string of the molecule is Cc1cnc2nc(-c3ccccn3)sc2c1. The summed E-state index contributed by atoms with van der Waals surface area (Å²) in [5.74, 6) is 0. The van der Waals surface area contributed by atoms with Crippen LogP contribution in [0.3, 0.4) is 0 Å². The molecule has 0 aliphatic heterocycles. The highest BCUT2D eigenvalue weighted by Gasteiger charge is 2.07. The predicted octanol–water partition coefficient (Wildman–Crippen LogP) is 3.06. The van der Waals surface area contributed by atoms with Crippen molar-refractivity contribution in [1.82, 2.24) is 15.0 Å². The second kappa shape index (κ2) is 3.64. The fourth-order valence-electron chi connectivity index (χ4n) is 1.52. The van der Waals surface area contributed by atoms with E-state index in [-0.39, 0.29) is 0 Å². The van der Waals surface area contributed by atoms with Gasteiger partial charge in [0.1, 0.15) is 5.01 Å². The van der Waals surface area contributed by atoms with Gasteiger partial charge in [-0.25, -0.2) is 9.97 Å². The Kier molecular flexibility index (Phi) is 2.15. The minimum Gasteiger partial charge on any atom is -0.254 e. The minimum atomic E-state index is 0.802. The summed E-state index contributed by atoms with van der Waals surface area (Å²) in [5, 5.41) is 0.925. The number of rotatable bonds is 1. The van der Waals surface area contributed by atoms with E-state index in [9.17, 15) is 0 Å². The number of pyridine rings is 2. The van der Waals surface area contributed by atoms with Crippen molar-refractivity contribution in [3.05, 3.63) is 42.2 Å². The molecule has 0 bridgehead atoms. The van der Waals surface area contributed by atoms with Gasteiger partial charge in [0.15, 0.2) is 5.65 Å². The lowest BCUT2D eigenvalue weighted by Gasteiger charge is -1.90. The van der Waals surface area contributed by atoms with Crippen molar-refractivity contribution in [2.45, 2.75) is 6.92 Å². The van der Waals surface area contributed by atoms with Gasteiger partial charge in [0.05, 0.1) is 10.4 Å². The van der Waals surface area contributed by atoms with Crippen molar-refractivity contribution < 1.29 is 0 Å². The lowest BCUT2D eigenvalue weighted by molar-refractivity contribution is 1.26. The van der Waals surface area contributed by atoms with Crippen LogP contribution in [0.1, 0.15) is 5.56 Å². The third-order valence-electron chi connectivity index (χ3n) is 2.27. The standard InChI is InChI=1S/C12H9N3S/c1-8-6-10-11(14-7-8)15-12(16-10)9-4-2-3-5-13-9/h2-7H,1H3. The van der Waals surface area contributed by atoms with Crippen LogP contribution in [0.2, 0.25) is 0 Å². The molecule has 4 heteroatoms. The largest absolute Gasteiger partial charge is 0.254 e. The first-order chi connectivity index (χ1) is 7.83. The van der Waals surface area contributed by atoms with Crippen LogP contribution in [0, 0.1) is 6.92 Å². The predicted molar refractivity (Wildman–Crippen MR) is 65.4 cm³/mol. The zero-order valence-corrected chi connectivity index (χ0v) is 9.53. The van der Waals surface area contributed by atoms with Crippen LogP contribution in [0.4, 0.5) is 0 Å². The van der Waals surface area contributed by atoms with E-state index >= 15 is 0 Å². The first-order valence-electron chi connectivity index (χ1n) is 4.97. The van der Waals surface area contributed by atoms with Gasteiger partial charge in [0.2, 0.25) is 0 Å². The molecule has 0 N–H and O–H groups in total. The van der Waals surface area contributed by atoms with Gasteiger partial charge in [-0.15, -0.1) is 11.3 Å². The Morgan fingerprint density at radius 3 is 2.94 bits per heavy atom. The molecular weight excluding hydrogens is 218 g/mol. The monoisotopic (exact) mass is 227 g/mol. The molecule has 3 rings (SSSR count). The van der Waals surface area contributed by atoms with E-state index in [0.29, 0.717) is 0 Å². The summed E-state index contributed by atoms with van der Waals surface area (Å²) in [6.45, 7) is 2.03. The van der Waals surface area contributed by atoms with Gasteiger partial charge < -0.3 is 0 Å². The molecule has 0 aromatic carbocycles. The molecule has 0 spiro atoms. The molecule has 0 amide bonds. The van der Waals surface area contributed by atoms with Crippen molar-refractivity contribution >= 4 is 21.7 Å². The number of hydrogen-bond donors (Lipinski definition) is 0. The Labute approximate surface area is 96.8 Å². The lowest BCUT2D eigenvalue weighted by atomic mass is 10.3. The maximum atomic E-state index is 4.47. The van der Waals surface area contributed by atoms with E-state index in [4.69, 9.17) is 0 Å². The summed E-state index contributed by atoms with van der Waals surface area (Å²) in [6, 6.07) is 7.93. The molecule has 78 valence electrons. The second-order valence-electron chi connectivity index (χ2n) is 3.57. The first kappa shape index (κ1) is 9.42. The zero-order valence-electron chi connectivity index (χ0n) is 8.71. The molecule has 0 saturated heterocycles. The average Bonchev–Trinajstić information content (AvgIpc) is 2.73. The van der Waals surface area contributed by atoms with E-state index in [0.717, 1.165) is 26.6 Å². The molecule has 3 aromatic heterocycles. The molecule has 0 atom stereocenters. The second-order valence-corrected chi connectivity index (χ2v) is 4.60. The molecule has 0 aliphatic carbocycles. The van der Waals surface area contributed by atoms with Gasteiger partial charge in [0.25, 0.3) is 0 Å². The van der Waals surface area contributed by atoms with Crippen LogP contribution in [0.15, 0.2) is 36.7 Å². The summed E-state index contributed by atoms with van der Waals surface area (Å²) >= 11 is 1.63. The molecule has 16 heavy (non-hydrogen) atoms. The van der Waals surface area contributed by atoms with E-state index < -0.39 is 0 Å². The normalized spacial score (nSPS) is 10.8. The Hall–Kier alpha value is -1.81. The van der Waals surface area contributed by atoms with E-state index in [1.54, 1.807) is 17.5 Å². The molecule has 0 radical (unpaired) electrons. The van der Waals surface area contributed by atoms with Gasteiger partial charge in [-0.1, -0.05) is 6.07 Å². The third-order valence-corrected chi connectivity index (χ3v) is 3.28. The number of thiazole rings is 1. The average molecular weight is 227 g/mol. The Bertz CT molecular complexity index is 631. The van der Waals surface area contributed by atoms with Gasteiger partial charge in [-0.2, -0.15) is 0 Å². The minimum absolute atomic E-state index is 0.802. The van der Waals surface area contributed by atoms with Gasteiger partial charge >= 0.3 is 0 Å². The molecule has 0 unspecified atom stereocenters. The smallest absolute Gasteiger partial charge is 0.171 e. The van der Waals surface area contributed by atoms with Crippen molar-refractivity contribution in [1.29, 1.82) is 0 Å². The number of aryl methyl sites for hydroxylation is 1. The summed E-state index contributed by atoms with van der Waals surface area (Å²) in [4.78, 5) is 13.1. The fourth-order valence-corrected chi connectivity index (χ4v) is 2.52. The lowest BCUT2D eigenvalue weighted by Crippen LogP contribution is -1.80. The molecule has 3 nitrogen and oxygen atoms in total. The van der Waals surface area contributed by atoms with Crippen LogP contribution in [-0.4, -0.2) is 15.0 Å². The van der Waals surface area contributed by atoms with Crippen molar-refractivity contribution in [3.8, 4) is 10.7 Å². The highest BCUT2D eigenvalue weighted by Crippen LogP contribution is 2.27. The summed E-state index contributed by atoms with van der Waals surface area (Å²) in [5.41, 5.74) is 2.86. The molecular formula is C12H9N3S. The molecule has 0 saturated carbocycles. The topological polar surface area (TPSA) is 38.7 Å². The maximum absolute atomic E-state index is 4.47. The van der Waals surface area contributed by atoms with Crippen molar-refractivity contribution in [3.63, 3.8) is 0 Å². The Morgan fingerprint density at radius 1 is 1.19 bits per heavy atom. The van der Waals surface area contributed by atoms with Crippen LogP contribution >= 0.6 is 11.3 Å². The third kappa shape index (κ3) is 1.57. The van der Waals surface area contributed by atoms with Crippen LogP contribution in [0.5, 0.6) is 0 Å². The highest BCUT2D eigenvalue weighted by molar-refractivity contribution is 7.21. The van der Waals surface area contributed by atoms with Crippen LogP contribution in [-0.2, 0) is 0 Å². The first-order valence-corrected chi connectivity index (χ1v) is 5.79. The number of aromatic nitrogens is 3. The maximum Gasteiger partial charge on any atom is 0.171 e. The Balaban J connectivity index is 2.19. The van der Waals surface area contributed by atoms with E-state index in [1.165, 1.54) is 0 Å². The summed E-state index contributed by atoms with van der Waals surface area (Å²) in [6.07, 6.45) is 3.62. The highest BCUT2D eigenvalue weighted by atomic mass is 32.1. The van der Waals surface area contributed by atoms with Crippen molar-refractivity contribution in [2.75, 3.05) is 0 Å². The molecule has 0 aliphatic rings. The van der Waals surface area contributed by atoms with E-state index in [1.807, 2.05) is 31.3 Å².